The molecule has 11 heteroatoms. The van der Waals surface area contributed by atoms with Crippen molar-refractivity contribution in [3.63, 3.8) is 0 Å². The van der Waals surface area contributed by atoms with Crippen LogP contribution in [0.4, 0.5) is 13.2 Å². The summed E-state index contributed by atoms with van der Waals surface area (Å²) in [7, 11) is 0. The van der Waals surface area contributed by atoms with Crippen molar-refractivity contribution in [2.45, 2.75) is 26.4 Å². The summed E-state index contributed by atoms with van der Waals surface area (Å²) in [6.45, 7) is 3.59. The highest BCUT2D eigenvalue weighted by Crippen LogP contribution is 2.40. The van der Waals surface area contributed by atoms with Crippen molar-refractivity contribution in [3.05, 3.63) is 58.9 Å². The van der Waals surface area contributed by atoms with Crippen molar-refractivity contribution < 1.29 is 17.9 Å². The number of fused-ring (bicyclic) bond motifs is 1. The third-order valence-electron chi connectivity index (χ3n) is 4.44. The molecule has 3 heterocycles. The average molecular weight is 435 g/mol. The minimum Gasteiger partial charge on any atom is -0.437 e. The second-order valence-electron chi connectivity index (χ2n) is 6.42. The number of nitrogens with zero attached hydrogens (tertiary/aromatic N) is 6. The summed E-state index contributed by atoms with van der Waals surface area (Å²) in [4.78, 5) is 8.22. The van der Waals surface area contributed by atoms with Gasteiger partial charge in [0.1, 0.15) is 12.1 Å². The lowest BCUT2D eigenvalue weighted by atomic mass is 10.0. The minimum atomic E-state index is -4.54. The van der Waals surface area contributed by atoms with Crippen molar-refractivity contribution in [1.29, 1.82) is 0 Å². The van der Waals surface area contributed by atoms with E-state index in [0.29, 0.717) is 34.5 Å². The van der Waals surface area contributed by atoms with Crippen LogP contribution in [0.1, 0.15) is 23.7 Å². The Hall–Kier alpha value is -3.27. The van der Waals surface area contributed by atoms with Gasteiger partial charge in [-0.2, -0.15) is 17.7 Å². The molecule has 0 aliphatic carbocycles. The first kappa shape index (κ1) is 20.0. The molecule has 0 saturated carbocycles. The van der Waals surface area contributed by atoms with Gasteiger partial charge in [0, 0.05) is 22.9 Å². The van der Waals surface area contributed by atoms with Crippen LogP contribution in [0.2, 0.25) is 5.28 Å². The maximum atomic E-state index is 13.4. The van der Waals surface area contributed by atoms with E-state index in [-0.39, 0.29) is 16.9 Å². The molecule has 30 heavy (non-hydrogen) atoms. The van der Waals surface area contributed by atoms with Crippen LogP contribution in [0.25, 0.3) is 16.8 Å². The van der Waals surface area contributed by atoms with E-state index in [1.165, 1.54) is 16.9 Å². The first-order valence-corrected chi connectivity index (χ1v) is 9.22. The number of aromatic nitrogens is 6. The highest BCUT2D eigenvalue weighted by Gasteiger charge is 2.32. The Morgan fingerprint density at radius 1 is 1.13 bits per heavy atom. The lowest BCUT2D eigenvalue weighted by Gasteiger charge is -2.16. The lowest BCUT2D eigenvalue weighted by molar-refractivity contribution is -0.137. The minimum absolute atomic E-state index is 0.00356. The van der Waals surface area contributed by atoms with Gasteiger partial charge in [0.05, 0.1) is 11.3 Å². The Morgan fingerprint density at radius 2 is 1.93 bits per heavy atom. The molecule has 0 fully saturated rings. The molecule has 0 unspecified atom stereocenters. The normalized spacial score (nSPS) is 11.8. The SMILES string of the molecule is CCc1ncncc1-c1ccc(C(F)(F)F)cc1Oc1nn2c(Cl)nnc2cc1C. The highest BCUT2D eigenvalue weighted by molar-refractivity contribution is 6.28. The number of rotatable bonds is 4. The van der Waals surface area contributed by atoms with E-state index >= 15 is 0 Å². The van der Waals surface area contributed by atoms with Crippen LogP contribution in [0.5, 0.6) is 11.6 Å². The van der Waals surface area contributed by atoms with Gasteiger partial charge in [0.25, 0.3) is 0 Å². The first-order chi connectivity index (χ1) is 14.3. The van der Waals surface area contributed by atoms with Crippen molar-refractivity contribution in [2.75, 3.05) is 0 Å². The average Bonchev–Trinajstić information content (AvgIpc) is 3.07. The third-order valence-corrected chi connectivity index (χ3v) is 4.67. The Balaban J connectivity index is 1.89. The fraction of sp³-hybridized carbons (Fsp3) is 0.211. The van der Waals surface area contributed by atoms with E-state index in [1.54, 1.807) is 19.2 Å². The lowest BCUT2D eigenvalue weighted by Crippen LogP contribution is -2.06. The van der Waals surface area contributed by atoms with E-state index in [4.69, 9.17) is 16.3 Å². The van der Waals surface area contributed by atoms with Crippen molar-refractivity contribution in [3.8, 4) is 22.8 Å². The summed E-state index contributed by atoms with van der Waals surface area (Å²) >= 11 is 5.96. The fourth-order valence-corrected chi connectivity index (χ4v) is 3.11. The van der Waals surface area contributed by atoms with Crippen molar-refractivity contribution >= 4 is 17.2 Å². The van der Waals surface area contributed by atoms with Crippen LogP contribution in [-0.2, 0) is 12.6 Å². The molecular weight excluding hydrogens is 421 g/mol. The second kappa shape index (κ2) is 7.52. The third kappa shape index (κ3) is 3.65. The fourth-order valence-electron chi connectivity index (χ4n) is 2.95. The number of hydrogen-bond donors (Lipinski definition) is 0. The van der Waals surface area contributed by atoms with Gasteiger partial charge in [-0.25, -0.2) is 9.97 Å². The van der Waals surface area contributed by atoms with Crippen LogP contribution < -0.4 is 4.74 Å². The predicted octanol–water partition coefficient (Wildman–Crippen LogP) is 4.92. The number of ether oxygens (including phenoxy) is 1. The summed E-state index contributed by atoms with van der Waals surface area (Å²) < 4.78 is 47.2. The maximum Gasteiger partial charge on any atom is 0.416 e. The topological polar surface area (TPSA) is 78.1 Å². The highest BCUT2D eigenvalue weighted by atomic mass is 35.5. The molecule has 0 spiro atoms. The van der Waals surface area contributed by atoms with Crippen LogP contribution in [0.3, 0.4) is 0 Å². The van der Waals surface area contributed by atoms with E-state index in [2.05, 4.69) is 25.3 Å². The molecule has 0 atom stereocenters. The molecule has 4 rings (SSSR count). The Labute approximate surface area is 173 Å². The van der Waals surface area contributed by atoms with Gasteiger partial charge < -0.3 is 4.74 Å². The van der Waals surface area contributed by atoms with E-state index in [9.17, 15) is 13.2 Å². The number of alkyl halides is 3. The molecule has 1 aromatic carbocycles. The van der Waals surface area contributed by atoms with Crippen LogP contribution >= 0.6 is 11.6 Å². The zero-order chi connectivity index (χ0) is 21.5. The zero-order valence-electron chi connectivity index (χ0n) is 15.8. The summed E-state index contributed by atoms with van der Waals surface area (Å²) in [5, 5.41) is 11.8. The number of halogens is 4. The Kier molecular flexibility index (Phi) is 5.02. The van der Waals surface area contributed by atoms with Gasteiger partial charge in [-0.3, -0.25) is 0 Å². The summed E-state index contributed by atoms with van der Waals surface area (Å²) in [5.41, 5.74) is 1.75. The first-order valence-electron chi connectivity index (χ1n) is 8.85. The molecule has 4 aromatic rings. The number of aryl methyl sites for hydroxylation is 2. The number of benzene rings is 1. The molecule has 0 saturated heterocycles. The van der Waals surface area contributed by atoms with Gasteiger partial charge in [-0.05, 0) is 49.2 Å². The predicted molar refractivity (Wildman–Crippen MR) is 102 cm³/mol. The van der Waals surface area contributed by atoms with E-state index in [1.807, 2.05) is 6.92 Å². The van der Waals surface area contributed by atoms with Crippen LogP contribution in [0.15, 0.2) is 36.8 Å². The standard InChI is InChI=1S/C19H14ClF3N6O/c1-3-14-13(8-24-9-25-14)12-5-4-11(19(21,22)23)7-15(12)30-17-10(2)6-16-26-27-18(20)29(16)28-17/h4-9H,3H2,1-2H3. The number of hydrogen-bond acceptors (Lipinski definition) is 6. The van der Waals surface area contributed by atoms with Gasteiger partial charge in [0.2, 0.25) is 11.2 Å². The van der Waals surface area contributed by atoms with Gasteiger partial charge >= 0.3 is 6.18 Å². The summed E-state index contributed by atoms with van der Waals surface area (Å²) in [6.07, 6.45) is -1.04. The molecule has 0 radical (unpaired) electrons. The van der Waals surface area contributed by atoms with Gasteiger partial charge in [-0.15, -0.1) is 15.3 Å². The summed E-state index contributed by atoms with van der Waals surface area (Å²) in [6, 6.07) is 4.89. The molecule has 0 aliphatic rings. The Morgan fingerprint density at radius 3 is 2.67 bits per heavy atom. The smallest absolute Gasteiger partial charge is 0.416 e. The van der Waals surface area contributed by atoms with Crippen LogP contribution in [0, 0.1) is 6.92 Å². The molecule has 0 aliphatic heterocycles. The molecule has 7 nitrogen and oxygen atoms in total. The van der Waals surface area contributed by atoms with Crippen molar-refractivity contribution in [2.24, 2.45) is 0 Å². The summed E-state index contributed by atoms with van der Waals surface area (Å²) in [5.74, 6) is 0.0353. The Bertz CT molecular complexity index is 1240. The molecule has 0 N–H and O–H groups in total. The van der Waals surface area contributed by atoms with Crippen LogP contribution in [-0.4, -0.2) is 29.8 Å². The molecule has 0 bridgehead atoms. The van der Waals surface area contributed by atoms with E-state index < -0.39 is 11.7 Å². The van der Waals surface area contributed by atoms with E-state index in [0.717, 1.165) is 12.1 Å². The molecule has 0 amide bonds. The maximum absolute atomic E-state index is 13.4. The zero-order valence-corrected chi connectivity index (χ0v) is 16.5. The second-order valence-corrected chi connectivity index (χ2v) is 6.76. The van der Waals surface area contributed by atoms with Gasteiger partial charge in [0.15, 0.2) is 5.65 Å². The molecule has 154 valence electrons. The quantitative estimate of drug-likeness (QED) is 0.454. The van der Waals surface area contributed by atoms with Crippen molar-refractivity contribution in [1.82, 2.24) is 29.8 Å². The van der Waals surface area contributed by atoms with Gasteiger partial charge in [-0.1, -0.05) is 6.92 Å². The monoisotopic (exact) mass is 434 g/mol. The molecule has 3 aromatic heterocycles. The largest absolute Gasteiger partial charge is 0.437 e. The molecular formula is C19H14ClF3N6O.